The van der Waals surface area contributed by atoms with Crippen LogP contribution in [-0.4, -0.2) is 29.4 Å². The fourth-order valence-electron chi connectivity index (χ4n) is 2.59. The summed E-state index contributed by atoms with van der Waals surface area (Å²) >= 11 is 0. The molecule has 0 unspecified atom stereocenters. The number of nitro benzene ring substituents is 1. The van der Waals surface area contributed by atoms with Gasteiger partial charge in [-0.3, -0.25) is 10.1 Å². The summed E-state index contributed by atoms with van der Waals surface area (Å²) in [5.41, 5.74) is 2.03. The summed E-state index contributed by atoms with van der Waals surface area (Å²) in [5.74, 6) is 0.447. The highest BCUT2D eigenvalue weighted by Gasteiger charge is 2.29. The van der Waals surface area contributed by atoms with Crippen LogP contribution < -0.4 is 0 Å². The van der Waals surface area contributed by atoms with Crippen LogP contribution in [0.1, 0.15) is 24.5 Å². The molecule has 3 rings (SSSR count). The molecule has 1 aromatic heterocycles. The number of rotatable bonds is 7. The molecule has 1 aromatic carbocycles. The second-order valence-electron chi connectivity index (χ2n) is 7.47. The van der Waals surface area contributed by atoms with E-state index in [1.165, 1.54) is 0 Å². The summed E-state index contributed by atoms with van der Waals surface area (Å²) in [6, 6.07) is 6.09. The Morgan fingerprint density at radius 1 is 1.39 bits per heavy atom. The van der Waals surface area contributed by atoms with E-state index in [1.54, 1.807) is 18.2 Å². The van der Waals surface area contributed by atoms with Crippen molar-refractivity contribution in [1.29, 1.82) is 0 Å². The molecule has 124 valence electrons. The maximum atomic E-state index is 11.0. The molecular formula is C16H23N3O3Si. The fraction of sp³-hybridized carbons (Fsp3) is 0.562. The lowest BCUT2D eigenvalue weighted by molar-refractivity contribution is -0.384. The number of nitro groups is 1. The van der Waals surface area contributed by atoms with Gasteiger partial charge >= 0.3 is 0 Å². The van der Waals surface area contributed by atoms with Crippen LogP contribution in [-0.2, 0) is 11.5 Å². The first kappa shape index (κ1) is 16.1. The van der Waals surface area contributed by atoms with E-state index in [4.69, 9.17) is 4.74 Å². The Morgan fingerprint density at radius 3 is 2.74 bits per heavy atom. The third-order valence-corrected chi connectivity index (χ3v) is 5.85. The third kappa shape index (κ3) is 3.79. The third-order valence-electron chi connectivity index (χ3n) is 4.15. The molecule has 0 radical (unpaired) electrons. The van der Waals surface area contributed by atoms with E-state index in [-0.39, 0.29) is 10.6 Å². The van der Waals surface area contributed by atoms with Crippen LogP contribution in [0.4, 0.5) is 5.69 Å². The summed E-state index contributed by atoms with van der Waals surface area (Å²) in [4.78, 5) is 10.7. The van der Waals surface area contributed by atoms with Crippen molar-refractivity contribution in [3.8, 4) is 0 Å². The van der Waals surface area contributed by atoms with Gasteiger partial charge < -0.3 is 4.74 Å². The fourth-order valence-corrected chi connectivity index (χ4v) is 3.35. The first-order chi connectivity index (χ1) is 10.8. The molecule has 0 amide bonds. The Hall–Kier alpha value is -1.73. The van der Waals surface area contributed by atoms with Crippen molar-refractivity contribution in [2.75, 3.05) is 6.61 Å². The predicted octanol–water partition coefficient (Wildman–Crippen LogP) is 4.13. The van der Waals surface area contributed by atoms with Gasteiger partial charge in [0.05, 0.1) is 16.1 Å². The van der Waals surface area contributed by atoms with Gasteiger partial charge in [0, 0.05) is 38.1 Å². The predicted molar refractivity (Wildman–Crippen MR) is 92.5 cm³/mol. The van der Waals surface area contributed by atoms with Gasteiger partial charge in [-0.25, -0.2) is 4.68 Å². The van der Waals surface area contributed by atoms with Crippen molar-refractivity contribution in [3.63, 3.8) is 0 Å². The number of fused-ring (bicyclic) bond motifs is 1. The smallest absolute Gasteiger partial charge is 0.270 e. The SMILES string of the molecule is C[Si](C)(C)CCOCn1nc(C2CC2)c2cc([N+](=O)[O-])ccc21. The van der Waals surface area contributed by atoms with Gasteiger partial charge in [-0.1, -0.05) is 19.6 Å². The Balaban J connectivity index is 1.81. The molecule has 0 N–H and O–H groups in total. The van der Waals surface area contributed by atoms with Crippen LogP contribution in [0.3, 0.4) is 0 Å². The van der Waals surface area contributed by atoms with E-state index < -0.39 is 8.07 Å². The van der Waals surface area contributed by atoms with E-state index in [0.717, 1.165) is 42.1 Å². The normalized spacial score (nSPS) is 15.3. The van der Waals surface area contributed by atoms with Crippen LogP contribution in [0.2, 0.25) is 25.7 Å². The summed E-state index contributed by atoms with van der Waals surface area (Å²) < 4.78 is 7.64. The van der Waals surface area contributed by atoms with Crippen molar-refractivity contribution >= 4 is 24.7 Å². The molecule has 0 saturated heterocycles. The van der Waals surface area contributed by atoms with E-state index in [2.05, 4.69) is 24.7 Å². The second kappa shape index (κ2) is 6.05. The molecule has 0 bridgehead atoms. The van der Waals surface area contributed by atoms with Crippen LogP contribution in [0.15, 0.2) is 18.2 Å². The molecule has 1 aliphatic rings. The van der Waals surface area contributed by atoms with Gasteiger partial charge in [0.15, 0.2) is 0 Å². The number of non-ortho nitro benzene ring substituents is 1. The summed E-state index contributed by atoms with van der Waals surface area (Å²) in [6.07, 6.45) is 2.23. The molecular weight excluding hydrogens is 310 g/mol. The zero-order chi connectivity index (χ0) is 16.6. The van der Waals surface area contributed by atoms with Gasteiger partial charge in [-0.2, -0.15) is 5.10 Å². The van der Waals surface area contributed by atoms with Crippen LogP contribution in [0, 0.1) is 10.1 Å². The molecule has 1 aliphatic carbocycles. The molecule has 0 aliphatic heterocycles. The second-order valence-corrected chi connectivity index (χ2v) is 13.1. The number of benzene rings is 1. The molecule has 1 heterocycles. The van der Waals surface area contributed by atoms with Crippen molar-refractivity contribution in [2.24, 2.45) is 0 Å². The zero-order valence-electron chi connectivity index (χ0n) is 13.9. The summed E-state index contributed by atoms with van der Waals surface area (Å²) in [6.45, 7) is 8.12. The molecule has 0 spiro atoms. The average Bonchev–Trinajstić information content (AvgIpc) is 3.25. The number of hydrogen-bond donors (Lipinski definition) is 0. The van der Waals surface area contributed by atoms with E-state index >= 15 is 0 Å². The largest absolute Gasteiger partial charge is 0.360 e. The maximum Gasteiger partial charge on any atom is 0.270 e. The zero-order valence-corrected chi connectivity index (χ0v) is 14.9. The Labute approximate surface area is 136 Å². The molecule has 0 atom stereocenters. The van der Waals surface area contributed by atoms with Crippen molar-refractivity contribution in [3.05, 3.63) is 34.0 Å². The van der Waals surface area contributed by atoms with Gasteiger partial charge in [-0.05, 0) is 25.0 Å². The minimum atomic E-state index is -1.10. The molecule has 1 fully saturated rings. The molecule has 1 saturated carbocycles. The van der Waals surface area contributed by atoms with Crippen LogP contribution >= 0.6 is 0 Å². The average molecular weight is 333 g/mol. The quantitative estimate of drug-likeness (QED) is 0.330. The standard InChI is InChI=1S/C16H23N3O3Si/c1-23(2,3)9-8-22-11-18-15-7-6-13(19(20)21)10-14(15)16(17-18)12-4-5-12/h6-7,10,12H,4-5,8-9,11H2,1-3H3. The molecule has 2 aromatic rings. The lowest BCUT2D eigenvalue weighted by Gasteiger charge is -2.15. The molecule has 7 heteroatoms. The first-order valence-corrected chi connectivity index (χ1v) is 11.8. The number of ether oxygens (including phenoxy) is 1. The number of aromatic nitrogens is 2. The topological polar surface area (TPSA) is 70.2 Å². The van der Waals surface area contributed by atoms with Gasteiger partial charge in [0.25, 0.3) is 5.69 Å². The van der Waals surface area contributed by atoms with Crippen LogP contribution in [0.25, 0.3) is 10.9 Å². The van der Waals surface area contributed by atoms with E-state index in [9.17, 15) is 10.1 Å². The first-order valence-electron chi connectivity index (χ1n) is 8.08. The monoisotopic (exact) mass is 333 g/mol. The van der Waals surface area contributed by atoms with E-state index in [0.29, 0.717) is 12.6 Å². The van der Waals surface area contributed by atoms with Crippen molar-refractivity contribution < 1.29 is 9.66 Å². The summed E-state index contributed by atoms with van der Waals surface area (Å²) in [5, 5.41) is 16.6. The van der Waals surface area contributed by atoms with Gasteiger partial charge in [-0.15, -0.1) is 0 Å². The van der Waals surface area contributed by atoms with E-state index in [1.807, 2.05) is 4.68 Å². The Bertz CT molecular complexity index is 732. The van der Waals surface area contributed by atoms with Gasteiger partial charge in [0.2, 0.25) is 0 Å². The Kier molecular flexibility index (Phi) is 4.24. The number of nitrogens with zero attached hydrogens (tertiary/aromatic N) is 3. The highest BCUT2D eigenvalue weighted by Crippen LogP contribution is 2.43. The highest BCUT2D eigenvalue weighted by atomic mass is 28.3. The van der Waals surface area contributed by atoms with Crippen molar-refractivity contribution in [1.82, 2.24) is 9.78 Å². The highest BCUT2D eigenvalue weighted by molar-refractivity contribution is 6.76. The van der Waals surface area contributed by atoms with Crippen molar-refractivity contribution in [2.45, 2.75) is 51.2 Å². The molecule has 23 heavy (non-hydrogen) atoms. The van der Waals surface area contributed by atoms with Crippen LogP contribution in [0.5, 0.6) is 0 Å². The maximum absolute atomic E-state index is 11.0. The lowest BCUT2D eigenvalue weighted by Crippen LogP contribution is -2.22. The molecule has 6 nitrogen and oxygen atoms in total. The summed E-state index contributed by atoms with van der Waals surface area (Å²) in [7, 11) is -1.10. The number of hydrogen-bond acceptors (Lipinski definition) is 4. The Morgan fingerprint density at radius 2 is 2.13 bits per heavy atom. The lowest BCUT2D eigenvalue weighted by atomic mass is 10.1. The minimum absolute atomic E-state index is 0.124. The van der Waals surface area contributed by atoms with Gasteiger partial charge in [0.1, 0.15) is 6.73 Å². The minimum Gasteiger partial charge on any atom is -0.360 e.